The minimum Gasteiger partial charge on any atom is -0.442 e. The van der Waals surface area contributed by atoms with Gasteiger partial charge in [-0.05, 0) is 20.8 Å². The highest BCUT2D eigenvalue weighted by atomic mass is 16.5. The van der Waals surface area contributed by atoms with E-state index >= 15 is 0 Å². The van der Waals surface area contributed by atoms with Crippen LogP contribution in [0.2, 0.25) is 0 Å². The number of anilines is 1. The van der Waals surface area contributed by atoms with Crippen molar-refractivity contribution in [1.82, 2.24) is 15.3 Å². The van der Waals surface area contributed by atoms with Gasteiger partial charge in [0.1, 0.15) is 17.9 Å². The molecule has 3 rings (SSSR count). The third-order valence-corrected chi connectivity index (χ3v) is 3.60. The molecule has 0 spiro atoms. The number of ether oxygens (including phenoxy) is 1. The van der Waals surface area contributed by atoms with Gasteiger partial charge in [-0.1, -0.05) is 0 Å². The van der Waals surface area contributed by atoms with E-state index in [9.17, 15) is 4.79 Å². The van der Waals surface area contributed by atoms with Crippen molar-refractivity contribution in [2.45, 2.75) is 26.8 Å². The Morgan fingerprint density at radius 3 is 2.73 bits per heavy atom. The molecule has 0 saturated carbocycles. The first kappa shape index (κ1) is 14.8. The molecule has 118 valence electrons. The molecule has 2 aromatic heterocycles. The number of aryl methyl sites for hydroxylation is 1. The van der Waals surface area contributed by atoms with E-state index in [1.807, 2.05) is 13.8 Å². The Labute approximate surface area is 128 Å². The first-order valence-electron chi connectivity index (χ1n) is 7.45. The van der Waals surface area contributed by atoms with Gasteiger partial charge in [0, 0.05) is 19.1 Å². The summed E-state index contributed by atoms with van der Waals surface area (Å²) in [5.74, 6) is 1.14. The van der Waals surface area contributed by atoms with Crippen LogP contribution in [-0.4, -0.2) is 48.2 Å². The fourth-order valence-electron chi connectivity index (χ4n) is 2.65. The van der Waals surface area contributed by atoms with Crippen LogP contribution >= 0.6 is 0 Å². The number of hydrogen-bond donors (Lipinski definition) is 1. The van der Waals surface area contributed by atoms with E-state index in [1.54, 1.807) is 6.92 Å². The van der Waals surface area contributed by atoms with Crippen LogP contribution in [0.25, 0.3) is 11.1 Å². The van der Waals surface area contributed by atoms with E-state index in [4.69, 9.17) is 9.15 Å². The molecule has 0 radical (unpaired) electrons. The zero-order chi connectivity index (χ0) is 15.7. The van der Waals surface area contributed by atoms with Gasteiger partial charge < -0.3 is 19.4 Å². The molecule has 0 aromatic carbocycles. The minimum absolute atomic E-state index is 0.0494. The highest BCUT2D eigenvalue weighted by Crippen LogP contribution is 2.31. The van der Waals surface area contributed by atoms with Crippen molar-refractivity contribution in [2.75, 3.05) is 31.2 Å². The summed E-state index contributed by atoms with van der Waals surface area (Å²) in [6, 6.07) is 0.0494. The fraction of sp³-hybridized carbons (Fsp3) is 0.533. The number of furan rings is 1. The number of carbonyl (C=O) groups excluding carboxylic acids is 1. The van der Waals surface area contributed by atoms with E-state index in [0.29, 0.717) is 35.6 Å². The van der Waals surface area contributed by atoms with Crippen LogP contribution in [0.3, 0.4) is 0 Å². The van der Waals surface area contributed by atoms with Gasteiger partial charge in [0.2, 0.25) is 5.71 Å². The SMILES string of the molecule is Cc1oc2ncnc(N3CCOCC3)c2c1C(=O)NC(C)C. The molecule has 1 amide bonds. The van der Waals surface area contributed by atoms with Gasteiger partial charge in [-0.15, -0.1) is 0 Å². The van der Waals surface area contributed by atoms with Crippen LogP contribution in [0.5, 0.6) is 0 Å². The smallest absolute Gasteiger partial charge is 0.255 e. The molecule has 1 aliphatic heterocycles. The second-order valence-electron chi connectivity index (χ2n) is 5.64. The van der Waals surface area contributed by atoms with Gasteiger partial charge >= 0.3 is 0 Å². The second kappa shape index (κ2) is 5.92. The van der Waals surface area contributed by atoms with Gasteiger partial charge in [-0.2, -0.15) is 0 Å². The number of nitrogens with one attached hydrogen (secondary N) is 1. The number of rotatable bonds is 3. The van der Waals surface area contributed by atoms with Crippen LogP contribution in [0.1, 0.15) is 30.0 Å². The lowest BCUT2D eigenvalue weighted by molar-refractivity contribution is 0.0943. The molecule has 1 saturated heterocycles. The molecule has 0 aliphatic carbocycles. The Hall–Kier alpha value is -2.15. The number of fused-ring (bicyclic) bond motifs is 1. The van der Waals surface area contributed by atoms with Gasteiger partial charge in [0.15, 0.2) is 0 Å². The quantitative estimate of drug-likeness (QED) is 0.925. The summed E-state index contributed by atoms with van der Waals surface area (Å²) in [6.45, 7) is 8.40. The molecule has 7 nitrogen and oxygen atoms in total. The maximum absolute atomic E-state index is 12.5. The zero-order valence-electron chi connectivity index (χ0n) is 13.0. The Bertz CT molecular complexity index is 689. The molecule has 7 heteroatoms. The molecule has 1 N–H and O–H groups in total. The lowest BCUT2D eigenvalue weighted by atomic mass is 10.1. The highest BCUT2D eigenvalue weighted by Gasteiger charge is 2.26. The lowest BCUT2D eigenvalue weighted by Gasteiger charge is -2.28. The maximum atomic E-state index is 12.5. The van der Waals surface area contributed by atoms with E-state index in [1.165, 1.54) is 6.33 Å². The van der Waals surface area contributed by atoms with Crippen molar-refractivity contribution in [2.24, 2.45) is 0 Å². The number of amides is 1. The summed E-state index contributed by atoms with van der Waals surface area (Å²) in [4.78, 5) is 23.2. The predicted molar refractivity (Wildman–Crippen MR) is 82.2 cm³/mol. The summed E-state index contributed by atoms with van der Waals surface area (Å²) in [7, 11) is 0. The predicted octanol–water partition coefficient (Wildman–Crippen LogP) is 1.51. The van der Waals surface area contributed by atoms with Crippen molar-refractivity contribution in [3.63, 3.8) is 0 Å². The highest BCUT2D eigenvalue weighted by molar-refractivity contribution is 6.10. The molecular weight excluding hydrogens is 284 g/mol. The van der Waals surface area contributed by atoms with E-state index in [-0.39, 0.29) is 11.9 Å². The summed E-state index contributed by atoms with van der Waals surface area (Å²) in [5.41, 5.74) is 0.966. The Morgan fingerprint density at radius 2 is 2.05 bits per heavy atom. The average molecular weight is 304 g/mol. The summed E-state index contributed by atoms with van der Waals surface area (Å²) < 4.78 is 11.0. The summed E-state index contributed by atoms with van der Waals surface area (Å²) in [6.07, 6.45) is 1.47. The molecule has 0 atom stereocenters. The number of hydrogen-bond acceptors (Lipinski definition) is 6. The molecule has 22 heavy (non-hydrogen) atoms. The maximum Gasteiger partial charge on any atom is 0.255 e. The van der Waals surface area contributed by atoms with Gasteiger partial charge in [0.25, 0.3) is 5.91 Å². The zero-order valence-corrected chi connectivity index (χ0v) is 13.0. The van der Waals surface area contributed by atoms with E-state index in [0.717, 1.165) is 18.9 Å². The molecular formula is C15H20N4O3. The first-order chi connectivity index (χ1) is 10.6. The molecule has 1 aliphatic rings. The van der Waals surface area contributed by atoms with Crippen LogP contribution < -0.4 is 10.2 Å². The first-order valence-corrected chi connectivity index (χ1v) is 7.45. The standard InChI is InChI=1S/C15H20N4O3/c1-9(2)18-14(20)11-10(3)22-15-12(11)13(16-8-17-15)19-4-6-21-7-5-19/h8-9H,4-7H2,1-3H3,(H,18,20). The monoisotopic (exact) mass is 304 g/mol. The van der Waals surface area contributed by atoms with Crippen LogP contribution in [0.15, 0.2) is 10.7 Å². The average Bonchev–Trinajstić information content (AvgIpc) is 2.83. The Balaban J connectivity index is 2.11. The van der Waals surface area contributed by atoms with Crippen molar-refractivity contribution in [1.29, 1.82) is 0 Å². The van der Waals surface area contributed by atoms with Gasteiger partial charge in [0.05, 0.1) is 24.2 Å². The molecule has 2 aromatic rings. The third kappa shape index (κ3) is 2.64. The van der Waals surface area contributed by atoms with Gasteiger partial charge in [-0.25, -0.2) is 9.97 Å². The number of morpholine rings is 1. The van der Waals surface area contributed by atoms with Crippen LogP contribution in [0.4, 0.5) is 5.82 Å². The van der Waals surface area contributed by atoms with E-state index in [2.05, 4.69) is 20.2 Å². The van der Waals surface area contributed by atoms with Crippen molar-refractivity contribution in [3.05, 3.63) is 17.7 Å². The largest absolute Gasteiger partial charge is 0.442 e. The number of carbonyl (C=O) groups is 1. The topological polar surface area (TPSA) is 80.5 Å². The molecule has 1 fully saturated rings. The summed E-state index contributed by atoms with van der Waals surface area (Å²) >= 11 is 0. The molecule has 0 bridgehead atoms. The lowest BCUT2D eigenvalue weighted by Crippen LogP contribution is -2.37. The fourth-order valence-corrected chi connectivity index (χ4v) is 2.65. The summed E-state index contributed by atoms with van der Waals surface area (Å²) in [5, 5.41) is 3.59. The minimum atomic E-state index is -0.157. The van der Waals surface area contributed by atoms with Crippen molar-refractivity contribution in [3.8, 4) is 0 Å². The number of nitrogens with zero attached hydrogens (tertiary/aromatic N) is 3. The normalized spacial score (nSPS) is 15.5. The Morgan fingerprint density at radius 1 is 1.32 bits per heavy atom. The third-order valence-electron chi connectivity index (χ3n) is 3.60. The molecule has 3 heterocycles. The van der Waals surface area contributed by atoms with Crippen LogP contribution in [0, 0.1) is 6.92 Å². The Kier molecular flexibility index (Phi) is 3.98. The van der Waals surface area contributed by atoms with Crippen molar-refractivity contribution >= 4 is 22.8 Å². The number of aromatic nitrogens is 2. The van der Waals surface area contributed by atoms with Gasteiger partial charge in [-0.3, -0.25) is 4.79 Å². The van der Waals surface area contributed by atoms with Crippen LogP contribution in [-0.2, 0) is 4.74 Å². The van der Waals surface area contributed by atoms with E-state index < -0.39 is 0 Å². The van der Waals surface area contributed by atoms with Crippen molar-refractivity contribution < 1.29 is 13.9 Å². The molecule has 0 unspecified atom stereocenters. The second-order valence-corrected chi connectivity index (χ2v) is 5.64.